The molecule has 0 bridgehead atoms. The fourth-order valence-corrected chi connectivity index (χ4v) is 2.06. The summed E-state index contributed by atoms with van der Waals surface area (Å²) in [5.41, 5.74) is 0. The first-order chi connectivity index (χ1) is 7.10. The van der Waals surface area contributed by atoms with Crippen LogP contribution < -0.4 is 4.74 Å². The van der Waals surface area contributed by atoms with Crippen LogP contribution in [0.3, 0.4) is 0 Å². The van der Waals surface area contributed by atoms with Crippen LogP contribution in [0.4, 0.5) is 0 Å². The van der Waals surface area contributed by atoms with Gasteiger partial charge < -0.3 is 4.74 Å². The molecule has 1 aromatic rings. The van der Waals surface area contributed by atoms with Crippen LogP contribution >= 0.6 is 15.9 Å². The average molecular weight is 292 g/mol. The third-order valence-corrected chi connectivity index (χ3v) is 4.12. The minimum atomic E-state index is -2.23. The van der Waals surface area contributed by atoms with E-state index in [2.05, 4.69) is 20.3 Å². The molecule has 0 fully saturated rings. The summed E-state index contributed by atoms with van der Waals surface area (Å²) in [7, 11) is -0.658. The van der Waals surface area contributed by atoms with Gasteiger partial charge in [-0.2, -0.15) is 0 Å². The molecule has 1 unspecified atom stereocenters. The lowest BCUT2D eigenvalue weighted by Crippen LogP contribution is -1.99. The van der Waals surface area contributed by atoms with Crippen molar-refractivity contribution in [3.8, 4) is 5.75 Å². The lowest BCUT2D eigenvalue weighted by molar-refractivity contribution is 0.345. The van der Waals surface area contributed by atoms with Gasteiger partial charge in [0.15, 0.2) is 0 Å². The van der Waals surface area contributed by atoms with E-state index in [0.29, 0.717) is 6.61 Å². The number of halogens is 1. The van der Waals surface area contributed by atoms with Crippen LogP contribution in [-0.2, 0) is 9.73 Å². The SMILES string of the molecule is CN=S(C)(=O)c1ccc(OCCBr)cc1. The van der Waals surface area contributed by atoms with Crippen molar-refractivity contribution in [1.82, 2.24) is 0 Å². The predicted molar refractivity (Wildman–Crippen MR) is 66.4 cm³/mol. The van der Waals surface area contributed by atoms with E-state index in [4.69, 9.17) is 4.74 Å². The molecule has 0 saturated heterocycles. The summed E-state index contributed by atoms with van der Waals surface area (Å²) in [5.74, 6) is 0.782. The maximum absolute atomic E-state index is 11.9. The highest BCUT2D eigenvalue weighted by molar-refractivity contribution is 9.09. The first-order valence-corrected chi connectivity index (χ1v) is 7.53. The molecule has 0 N–H and O–H groups in total. The summed E-state index contributed by atoms with van der Waals surface area (Å²) in [4.78, 5) is 0.733. The monoisotopic (exact) mass is 291 g/mol. The van der Waals surface area contributed by atoms with Gasteiger partial charge >= 0.3 is 0 Å². The molecule has 84 valence electrons. The molecule has 0 saturated carbocycles. The van der Waals surface area contributed by atoms with Gasteiger partial charge in [-0.3, -0.25) is 0 Å². The maximum Gasteiger partial charge on any atom is 0.119 e. The number of benzene rings is 1. The minimum Gasteiger partial charge on any atom is -0.493 e. The van der Waals surface area contributed by atoms with Crippen LogP contribution in [-0.4, -0.2) is 29.4 Å². The summed E-state index contributed by atoms with van der Waals surface area (Å²) in [6.45, 7) is 0.624. The lowest BCUT2D eigenvalue weighted by Gasteiger charge is -2.06. The molecule has 1 rings (SSSR count). The molecule has 0 aliphatic rings. The summed E-state index contributed by atoms with van der Waals surface area (Å²) in [5, 5.41) is 0.795. The van der Waals surface area contributed by atoms with Gasteiger partial charge in [0, 0.05) is 23.5 Å². The summed E-state index contributed by atoms with van der Waals surface area (Å²) >= 11 is 3.28. The largest absolute Gasteiger partial charge is 0.493 e. The molecule has 0 aliphatic carbocycles. The Labute approximate surface area is 99.2 Å². The van der Waals surface area contributed by atoms with Gasteiger partial charge in [-0.25, -0.2) is 8.57 Å². The van der Waals surface area contributed by atoms with Gasteiger partial charge in [-0.15, -0.1) is 0 Å². The Kier molecular flexibility index (Phi) is 4.60. The van der Waals surface area contributed by atoms with Crippen molar-refractivity contribution in [2.24, 2.45) is 4.36 Å². The van der Waals surface area contributed by atoms with Crippen molar-refractivity contribution < 1.29 is 8.95 Å². The van der Waals surface area contributed by atoms with Gasteiger partial charge in [0.25, 0.3) is 0 Å². The number of rotatable bonds is 4. The zero-order valence-corrected chi connectivity index (χ0v) is 11.2. The first kappa shape index (κ1) is 12.5. The molecule has 0 aromatic heterocycles. The first-order valence-electron chi connectivity index (χ1n) is 4.49. The number of hydrogen-bond acceptors (Lipinski definition) is 3. The van der Waals surface area contributed by atoms with Gasteiger partial charge in [-0.1, -0.05) is 15.9 Å². The van der Waals surface area contributed by atoms with E-state index in [1.807, 2.05) is 12.1 Å². The molecular formula is C10H14BrNO2S. The zero-order valence-electron chi connectivity index (χ0n) is 8.77. The van der Waals surface area contributed by atoms with Crippen LogP contribution in [0.25, 0.3) is 0 Å². The Morgan fingerprint density at radius 2 is 2.00 bits per heavy atom. The third-order valence-electron chi connectivity index (χ3n) is 1.96. The number of alkyl halides is 1. The third kappa shape index (κ3) is 3.50. The molecule has 5 heteroatoms. The minimum absolute atomic E-state index is 0.624. The highest BCUT2D eigenvalue weighted by atomic mass is 79.9. The zero-order chi connectivity index (χ0) is 11.3. The van der Waals surface area contributed by atoms with Crippen molar-refractivity contribution >= 4 is 25.7 Å². The second-order valence-corrected chi connectivity index (χ2v) is 6.23. The van der Waals surface area contributed by atoms with Crippen LogP contribution in [0.1, 0.15) is 0 Å². The number of nitrogens with zero attached hydrogens (tertiary/aromatic N) is 1. The second kappa shape index (κ2) is 5.51. The Bertz CT molecular complexity index is 422. The fraction of sp³-hybridized carbons (Fsp3) is 0.400. The van der Waals surface area contributed by atoms with Gasteiger partial charge in [0.05, 0.1) is 16.3 Å². The summed E-state index contributed by atoms with van der Waals surface area (Å²) < 4.78 is 21.1. The summed E-state index contributed by atoms with van der Waals surface area (Å²) in [6, 6.07) is 7.20. The smallest absolute Gasteiger partial charge is 0.119 e. The van der Waals surface area contributed by atoms with Crippen LogP contribution in [0.5, 0.6) is 5.75 Å². The Hall–Kier alpha value is -0.550. The van der Waals surface area contributed by atoms with E-state index in [1.54, 1.807) is 25.4 Å². The molecule has 3 nitrogen and oxygen atoms in total. The molecular weight excluding hydrogens is 278 g/mol. The van der Waals surface area contributed by atoms with E-state index < -0.39 is 9.73 Å². The van der Waals surface area contributed by atoms with Crippen molar-refractivity contribution in [2.45, 2.75) is 4.90 Å². The maximum atomic E-state index is 11.9. The van der Waals surface area contributed by atoms with Gasteiger partial charge in [0.2, 0.25) is 0 Å². The average Bonchev–Trinajstić information content (AvgIpc) is 2.27. The molecule has 0 radical (unpaired) electrons. The van der Waals surface area contributed by atoms with Crippen molar-refractivity contribution in [2.75, 3.05) is 25.2 Å². The van der Waals surface area contributed by atoms with E-state index in [1.165, 1.54) is 0 Å². The molecule has 15 heavy (non-hydrogen) atoms. The summed E-state index contributed by atoms with van der Waals surface area (Å²) in [6.07, 6.45) is 1.63. The standard InChI is InChI=1S/C10H14BrNO2S/c1-12-15(2,13)10-5-3-9(4-6-10)14-8-7-11/h3-6H,7-8H2,1-2H3. The molecule has 1 atom stereocenters. The molecule has 0 aliphatic heterocycles. The lowest BCUT2D eigenvalue weighted by atomic mass is 10.3. The van der Waals surface area contributed by atoms with E-state index in [9.17, 15) is 4.21 Å². The Morgan fingerprint density at radius 1 is 1.40 bits per heavy atom. The number of hydrogen-bond donors (Lipinski definition) is 0. The molecule has 1 aromatic carbocycles. The van der Waals surface area contributed by atoms with E-state index in [-0.39, 0.29) is 0 Å². The normalized spacial score (nSPS) is 14.3. The van der Waals surface area contributed by atoms with Gasteiger partial charge in [-0.05, 0) is 24.3 Å². The highest BCUT2D eigenvalue weighted by Gasteiger charge is 2.04. The Balaban J connectivity index is 2.86. The van der Waals surface area contributed by atoms with Crippen molar-refractivity contribution in [3.05, 3.63) is 24.3 Å². The Morgan fingerprint density at radius 3 is 2.47 bits per heavy atom. The topological polar surface area (TPSA) is 38.7 Å². The van der Waals surface area contributed by atoms with Gasteiger partial charge in [0.1, 0.15) is 5.75 Å². The van der Waals surface area contributed by atoms with Crippen LogP contribution in [0, 0.1) is 0 Å². The molecule has 0 heterocycles. The second-order valence-electron chi connectivity index (χ2n) is 2.99. The fourth-order valence-electron chi connectivity index (χ4n) is 1.05. The van der Waals surface area contributed by atoms with E-state index in [0.717, 1.165) is 16.0 Å². The molecule has 0 spiro atoms. The van der Waals surface area contributed by atoms with E-state index >= 15 is 0 Å². The van der Waals surface area contributed by atoms with Crippen molar-refractivity contribution in [3.63, 3.8) is 0 Å². The predicted octanol–water partition coefficient (Wildman–Crippen LogP) is 2.55. The van der Waals surface area contributed by atoms with Crippen molar-refractivity contribution in [1.29, 1.82) is 0 Å². The van der Waals surface area contributed by atoms with Crippen LogP contribution in [0.15, 0.2) is 33.5 Å². The molecule has 0 amide bonds. The number of ether oxygens (including phenoxy) is 1. The quantitative estimate of drug-likeness (QED) is 0.800. The highest BCUT2D eigenvalue weighted by Crippen LogP contribution is 2.17. The van der Waals surface area contributed by atoms with Crippen LogP contribution in [0.2, 0.25) is 0 Å².